The summed E-state index contributed by atoms with van der Waals surface area (Å²) in [4.78, 5) is 24.3. The first-order valence-corrected chi connectivity index (χ1v) is 10.7. The molecule has 1 amide bonds. The fourth-order valence-corrected chi connectivity index (χ4v) is 3.78. The number of hydrogen-bond acceptors (Lipinski definition) is 5. The van der Waals surface area contributed by atoms with Gasteiger partial charge in [0, 0.05) is 28.8 Å². The van der Waals surface area contributed by atoms with Crippen LogP contribution in [0.4, 0.5) is 26.7 Å². The SMILES string of the molecule is COc1cc(F)cc(C(COC(=O)C(F)(F)F)NC(=O)n2ccc3cc(-c4cn[nH]c4Cl)c(F)cc32)c1. The van der Waals surface area contributed by atoms with Crippen LogP contribution in [-0.4, -0.2) is 46.7 Å². The Morgan fingerprint density at radius 2 is 1.92 bits per heavy atom. The Hall–Kier alpha value is -4.13. The molecule has 2 N–H and O–H groups in total. The van der Waals surface area contributed by atoms with E-state index in [-0.39, 0.29) is 27.5 Å². The van der Waals surface area contributed by atoms with Crippen LogP contribution in [-0.2, 0) is 9.53 Å². The molecule has 0 bridgehead atoms. The molecule has 2 heterocycles. The first kappa shape index (κ1) is 25.9. The quantitative estimate of drug-likeness (QED) is 0.252. The standard InChI is InChI=1S/C23H16ClF5N4O4/c1-36-14-5-12(4-13(25)7-14)18(10-37-21(34)23(27,28)29)31-22(35)33-3-2-11-6-15(17(26)8-19(11)33)16-9-30-32-20(16)24/h2-9,18H,10H2,1H3,(H,30,32)(H,31,35). The fraction of sp³-hybridized carbons (Fsp3) is 0.174. The lowest BCUT2D eigenvalue weighted by Gasteiger charge is -2.21. The van der Waals surface area contributed by atoms with Crippen molar-refractivity contribution >= 4 is 34.5 Å². The molecular formula is C23H16ClF5N4O4. The maximum absolute atomic E-state index is 14.9. The number of fused-ring (bicyclic) bond motifs is 1. The van der Waals surface area contributed by atoms with Gasteiger partial charge in [0.05, 0.1) is 24.9 Å². The Morgan fingerprint density at radius 1 is 1.16 bits per heavy atom. The van der Waals surface area contributed by atoms with Gasteiger partial charge >= 0.3 is 18.2 Å². The van der Waals surface area contributed by atoms with Crippen molar-refractivity contribution in [1.82, 2.24) is 20.1 Å². The van der Waals surface area contributed by atoms with Gasteiger partial charge in [-0.25, -0.2) is 18.4 Å². The molecule has 0 saturated heterocycles. The highest BCUT2D eigenvalue weighted by molar-refractivity contribution is 6.32. The van der Waals surface area contributed by atoms with Crippen LogP contribution in [0.2, 0.25) is 5.15 Å². The summed E-state index contributed by atoms with van der Waals surface area (Å²) in [6.45, 7) is -0.979. The van der Waals surface area contributed by atoms with Gasteiger partial charge in [-0.2, -0.15) is 18.3 Å². The van der Waals surface area contributed by atoms with Gasteiger partial charge in [-0.05, 0) is 35.9 Å². The number of nitrogens with zero attached hydrogens (tertiary/aromatic N) is 2. The van der Waals surface area contributed by atoms with Gasteiger partial charge in [0.2, 0.25) is 0 Å². The largest absolute Gasteiger partial charge is 0.497 e. The number of nitrogens with one attached hydrogen (secondary N) is 2. The molecule has 0 radical (unpaired) electrons. The minimum atomic E-state index is -5.28. The van der Waals surface area contributed by atoms with Crippen LogP contribution in [0.3, 0.4) is 0 Å². The number of hydrogen-bond donors (Lipinski definition) is 2. The number of aromatic nitrogens is 3. The lowest BCUT2D eigenvalue weighted by Crippen LogP contribution is -2.36. The highest BCUT2D eigenvalue weighted by atomic mass is 35.5. The Morgan fingerprint density at radius 3 is 2.57 bits per heavy atom. The maximum atomic E-state index is 14.9. The van der Waals surface area contributed by atoms with E-state index in [0.717, 1.165) is 22.8 Å². The second kappa shape index (κ2) is 10.1. The summed E-state index contributed by atoms with van der Waals surface area (Å²) in [5.41, 5.74) is 0.485. The average Bonchev–Trinajstić information content (AvgIpc) is 3.45. The summed E-state index contributed by atoms with van der Waals surface area (Å²) in [6, 6.07) is 4.86. The molecule has 1 unspecified atom stereocenters. The van der Waals surface area contributed by atoms with Gasteiger partial charge in [-0.15, -0.1) is 0 Å². The van der Waals surface area contributed by atoms with E-state index in [1.54, 1.807) is 0 Å². The van der Waals surface area contributed by atoms with Crippen molar-refractivity contribution in [2.45, 2.75) is 12.2 Å². The van der Waals surface area contributed by atoms with Crippen molar-refractivity contribution in [3.8, 4) is 16.9 Å². The average molecular weight is 543 g/mol. The van der Waals surface area contributed by atoms with Crippen LogP contribution in [0.1, 0.15) is 11.6 Å². The summed E-state index contributed by atoms with van der Waals surface area (Å²) in [6.07, 6.45) is -2.65. The van der Waals surface area contributed by atoms with E-state index in [1.807, 2.05) is 0 Å². The van der Waals surface area contributed by atoms with Crippen LogP contribution in [0.25, 0.3) is 22.0 Å². The lowest BCUT2D eigenvalue weighted by atomic mass is 10.1. The van der Waals surface area contributed by atoms with E-state index < -0.39 is 42.5 Å². The van der Waals surface area contributed by atoms with E-state index in [2.05, 4.69) is 20.3 Å². The van der Waals surface area contributed by atoms with Crippen LogP contribution < -0.4 is 10.1 Å². The minimum Gasteiger partial charge on any atom is -0.497 e. The van der Waals surface area contributed by atoms with Crippen LogP contribution in [0.15, 0.2) is 48.8 Å². The van der Waals surface area contributed by atoms with Crippen LogP contribution in [0, 0.1) is 11.6 Å². The number of carbonyl (C=O) groups excluding carboxylic acids is 2. The predicted molar refractivity (Wildman–Crippen MR) is 121 cm³/mol. The molecular weight excluding hydrogens is 527 g/mol. The van der Waals surface area contributed by atoms with E-state index in [0.29, 0.717) is 10.9 Å². The summed E-state index contributed by atoms with van der Waals surface area (Å²) in [7, 11) is 1.24. The van der Waals surface area contributed by atoms with Crippen molar-refractivity contribution in [2.24, 2.45) is 0 Å². The minimum absolute atomic E-state index is 0.00955. The Bertz CT molecular complexity index is 1480. The second-order valence-electron chi connectivity index (χ2n) is 7.70. The number of H-pyrrole nitrogens is 1. The van der Waals surface area contributed by atoms with Crippen LogP contribution >= 0.6 is 11.6 Å². The number of benzene rings is 2. The zero-order valence-electron chi connectivity index (χ0n) is 18.7. The molecule has 0 aliphatic carbocycles. The Labute approximate surface area is 209 Å². The van der Waals surface area contributed by atoms with Gasteiger partial charge in [-0.3, -0.25) is 9.67 Å². The molecule has 2 aromatic heterocycles. The zero-order chi connectivity index (χ0) is 26.9. The fourth-order valence-electron chi connectivity index (χ4n) is 3.58. The molecule has 4 aromatic rings. The summed E-state index contributed by atoms with van der Waals surface area (Å²) in [5, 5.41) is 9.14. The first-order valence-electron chi connectivity index (χ1n) is 10.4. The molecule has 14 heteroatoms. The van der Waals surface area contributed by atoms with E-state index in [4.69, 9.17) is 16.3 Å². The van der Waals surface area contributed by atoms with Gasteiger partial charge < -0.3 is 14.8 Å². The summed E-state index contributed by atoms with van der Waals surface area (Å²) < 4.78 is 77.2. The summed E-state index contributed by atoms with van der Waals surface area (Å²) in [5.74, 6) is -4.02. The number of halogens is 6. The third kappa shape index (κ3) is 5.50. The van der Waals surface area contributed by atoms with E-state index in [1.165, 1.54) is 37.7 Å². The monoisotopic (exact) mass is 542 g/mol. The highest BCUT2D eigenvalue weighted by Crippen LogP contribution is 2.32. The molecule has 37 heavy (non-hydrogen) atoms. The highest BCUT2D eigenvalue weighted by Gasteiger charge is 2.41. The van der Waals surface area contributed by atoms with Gasteiger partial charge in [0.15, 0.2) is 0 Å². The lowest BCUT2D eigenvalue weighted by molar-refractivity contribution is -0.200. The number of methoxy groups -OCH3 is 1. The zero-order valence-corrected chi connectivity index (χ0v) is 19.5. The number of rotatable bonds is 6. The third-order valence-electron chi connectivity index (χ3n) is 5.32. The number of esters is 1. The number of ether oxygens (including phenoxy) is 2. The van der Waals surface area contributed by atoms with Crippen molar-refractivity contribution < 1.29 is 41.0 Å². The van der Waals surface area contributed by atoms with Crippen LogP contribution in [0.5, 0.6) is 5.75 Å². The Balaban J connectivity index is 1.66. The van der Waals surface area contributed by atoms with Crippen molar-refractivity contribution in [3.63, 3.8) is 0 Å². The maximum Gasteiger partial charge on any atom is 0.490 e. The smallest absolute Gasteiger partial charge is 0.490 e. The molecule has 0 fully saturated rings. The molecule has 8 nitrogen and oxygen atoms in total. The molecule has 0 spiro atoms. The molecule has 4 rings (SSSR count). The molecule has 0 aliphatic heterocycles. The normalized spacial score (nSPS) is 12.4. The topological polar surface area (TPSA) is 98.2 Å². The number of aromatic amines is 1. The number of amides is 1. The molecule has 1 atom stereocenters. The van der Waals surface area contributed by atoms with Crippen molar-refractivity contribution in [2.75, 3.05) is 13.7 Å². The number of carbonyl (C=O) groups is 2. The molecule has 0 aliphatic rings. The van der Waals surface area contributed by atoms with Gasteiger partial charge in [-0.1, -0.05) is 11.6 Å². The molecule has 194 valence electrons. The third-order valence-corrected chi connectivity index (χ3v) is 5.61. The number of alkyl halides is 3. The van der Waals surface area contributed by atoms with Gasteiger partial charge in [0.25, 0.3) is 0 Å². The molecule has 0 saturated carbocycles. The van der Waals surface area contributed by atoms with E-state index in [9.17, 15) is 31.5 Å². The second-order valence-corrected chi connectivity index (χ2v) is 8.07. The molecule has 2 aromatic carbocycles. The van der Waals surface area contributed by atoms with Crippen molar-refractivity contribution in [1.29, 1.82) is 0 Å². The van der Waals surface area contributed by atoms with E-state index >= 15 is 0 Å². The Kier molecular flexibility index (Phi) is 7.07. The van der Waals surface area contributed by atoms with Gasteiger partial charge in [0.1, 0.15) is 29.1 Å². The summed E-state index contributed by atoms with van der Waals surface area (Å²) >= 11 is 5.99. The van der Waals surface area contributed by atoms with Crippen molar-refractivity contribution in [3.05, 3.63) is 71.1 Å². The first-order chi connectivity index (χ1) is 17.5. The predicted octanol–water partition coefficient (Wildman–Crippen LogP) is 5.38.